The first-order chi connectivity index (χ1) is 14.8. The molecule has 158 valence electrons. The third-order valence-electron chi connectivity index (χ3n) is 5.41. The van der Waals surface area contributed by atoms with Crippen molar-refractivity contribution in [2.75, 3.05) is 6.54 Å². The van der Waals surface area contributed by atoms with Gasteiger partial charge in [0.15, 0.2) is 11.5 Å². The fraction of sp³-hybridized carbons (Fsp3) is 0.190. The fourth-order valence-corrected chi connectivity index (χ4v) is 5.14. The van der Waals surface area contributed by atoms with Crippen molar-refractivity contribution in [1.29, 1.82) is 0 Å². The molecule has 0 saturated heterocycles. The molecule has 0 unspecified atom stereocenters. The van der Waals surface area contributed by atoms with Crippen LogP contribution in [0.15, 0.2) is 58.2 Å². The number of hydrogen-bond acceptors (Lipinski definition) is 5. The molecule has 0 atom stereocenters. The Hall–Kier alpha value is -3.37. The predicted octanol–water partition coefficient (Wildman–Crippen LogP) is 2.28. The summed E-state index contributed by atoms with van der Waals surface area (Å²) in [5, 5.41) is 4.16. The van der Waals surface area contributed by atoms with E-state index in [1.165, 1.54) is 16.4 Å². The van der Waals surface area contributed by atoms with Gasteiger partial charge in [-0.15, -0.1) is 5.10 Å². The highest BCUT2D eigenvalue weighted by atomic mass is 32.2. The molecular formula is C21H18FN5O3S. The third-order valence-corrected chi connectivity index (χ3v) is 7.27. The van der Waals surface area contributed by atoms with Gasteiger partial charge in [0.25, 0.3) is 0 Å². The van der Waals surface area contributed by atoms with Crippen LogP contribution < -0.4 is 5.69 Å². The molecule has 1 aliphatic rings. The zero-order valence-corrected chi connectivity index (χ0v) is 17.4. The van der Waals surface area contributed by atoms with E-state index < -0.39 is 21.5 Å². The van der Waals surface area contributed by atoms with Gasteiger partial charge in [-0.1, -0.05) is 29.8 Å². The number of aromatic nitrogens is 4. The smallest absolute Gasteiger partial charge is 0.309 e. The second-order valence-electron chi connectivity index (χ2n) is 7.44. The Balaban J connectivity index is 1.61. The van der Waals surface area contributed by atoms with E-state index in [4.69, 9.17) is 0 Å². The maximum Gasteiger partial charge on any atom is 0.348 e. The van der Waals surface area contributed by atoms with Crippen molar-refractivity contribution in [2.45, 2.75) is 24.8 Å². The highest BCUT2D eigenvalue weighted by Gasteiger charge is 2.31. The number of hydrogen-bond donors (Lipinski definition) is 1. The number of benzene rings is 2. The highest BCUT2D eigenvalue weighted by Crippen LogP contribution is 2.27. The van der Waals surface area contributed by atoms with Crippen LogP contribution in [0.3, 0.4) is 0 Å². The van der Waals surface area contributed by atoms with E-state index in [2.05, 4.69) is 15.1 Å². The summed E-state index contributed by atoms with van der Waals surface area (Å²) >= 11 is 0. The monoisotopic (exact) mass is 439 g/mol. The molecule has 0 radical (unpaired) electrons. The van der Waals surface area contributed by atoms with Crippen LogP contribution in [-0.2, 0) is 23.0 Å². The van der Waals surface area contributed by atoms with E-state index >= 15 is 0 Å². The average Bonchev–Trinajstić information content (AvgIpc) is 3.20. The molecule has 2 aromatic carbocycles. The number of halogens is 1. The van der Waals surface area contributed by atoms with Crippen molar-refractivity contribution in [3.8, 4) is 11.4 Å². The van der Waals surface area contributed by atoms with Crippen molar-refractivity contribution in [1.82, 2.24) is 23.9 Å². The number of fused-ring (bicyclic) bond motifs is 3. The maximum absolute atomic E-state index is 14.2. The molecule has 10 heteroatoms. The van der Waals surface area contributed by atoms with Gasteiger partial charge < -0.3 is 4.98 Å². The molecule has 0 amide bonds. The Morgan fingerprint density at radius 3 is 2.58 bits per heavy atom. The zero-order chi connectivity index (χ0) is 21.8. The van der Waals surface area contributed by atoms with Crippen LogP contribution in [0.25, 0.3) is 17.0 Å². The van der Waals surface area contributed by atoms with E-state index in [-0.39, 0.29) is 35.0 Å². The minimum absolute atomic E-state index is 0.0290. The molecule has 0 fully saturated rings. The first-order valence-corrected chi connectivity index (χ1v) is 11.1. The Kier molecular flexibility index (Phi) is 4.49. The summed E-state index contributed by atoms with van der Waals surface area (Å²) in [5.74, 6) is -0.442. The van der Waals surface area contributed by atoms with Crippen molar-refractivity contribution in [3.05, 3.63) is 81.7 Å². The van der Waals surface area contributed by atoms with Gasteiger partial charge in [-0.05, 0) is 31.2 Å². The lowest BCUT2D eigenvalue weighted by atomic mass is 10.1. The van der Waals surface area contributed by atoms with Gasteiger partial charge in [-0.2, -0.15) is 8.82 Å². The predicted molar refractivity (Wildman–Crippen MR) is 111 cm³/mol. The first-order valence-electron chi connectivity index (χ1n) is 9.67. The van der Waals surface area contributed by atoms with Crippen molar-refractivity contribution in [2.24, 2.45) is 0 Å². The fourth-order valence-electron chi connectivity index (χ4n) is 3.73. The molecule has 5 rings (SSSR count). The van der Waals surface area contributed by atoms with Crippen LogP contribution in [0.1, 0.15) is 16.8 Å². The number of aromatic amines is 1. The minimum atomic E-state index is -3.73. The molecule has 8 nitrogen and oxygen atoms in total. The Labute approximate surface area is 177 Å². The molecule has 2 aromatic heterocycles. The van der Waals surface area contributed by atoms with Gasteiger partial charge in [0.1, 0.15) is 5.82 Å². The maximum atomic E-state index is 14.2. The quantitative estimate of drug-likeness (QED) is 0.528. The van der Waals surface area contributed by atoms with Gasteiger partial charge >= 0.3 is 5.69 Å². The topological polar surface area (TPSA) is 100 Å². The average molecular weight is 439 g/mol. The lowest BCUT2D eigenvalue weighted by Gasteiger charge is -2.27. The number of H-pyrrole nitrogens is 1. The van der Waals surface area contributed by atoms with Gasteiger partial charge in [-0.3, -0.25) is 0 Å². The largest absolute Gasteiger partial charge is 0.348 e. The molecule has 1 aliphatic heterocycles. The molecule has 1 N–H and O–H groups in total. The SMILES string of the molecule is Cc1ccc(S(=O)(=O)N2CCc3[nH]c(=O)n4nc(-c5ccccc5F)nc4c3C2)cc1. The number of nitrogens with zero attached hydrogens (tertiary/aromatic N) is 4. The second-order valence-corrected chi connectivity index (χ2v) is 9.38. The van der Waals surface area contributed by atoms with Gasteiger partial charge in [0, 0.05) is 30.8 Å². The number of sulfonamides is 1. The van der Waals surface area contributed by atoms with Gasteiger partial charge in [-0.25, -0.2) is 22.6 Å². The Morgan fingerprint density at radius 1 is 1.10 bits per heavy atom. The molecule has 3 heterocycles. The lowest BCUT2D eigenvalue weighted by molar-refractivity contribution is 0.387. The lowest BCUT2D eigenvalue weighted by Crippen LogP contribution is -2.38. The van der Waals surface area contributed by atoms with Gasteiger partial charge in [0.05, 0.1) is 10.5 Å². The minimum Gasteiger partial charge on any atom is -0.309 e. The van der Waals surface area contributed by atoms with E-state index in [1.807, 2.05) is 6.92 Å². The molecular weight excluding hydrogens is 421 g/mol. The molecule has 0 aliphatic carbocycles. The molecule has 0 spiro atoms. The van der Waals surface area contributed by atoms with E-state index in [1.54, 1.807) is 36.4 Å². The summed E-state index contributed by atoms with van der Waals surface area (Å²) in [6, 6.07) is 12.7. The van der Waals surface area contributed by atoms with Crippen molar-refractivity contribution < 1.29 is 12.8 Å². The number of nitrogens with one attached hydrogen (secondary N) is 1. The third kappa shape index (κ3) is 3.24. The van der Waals surface area contributed by atoms with E-state index in [9.17, 15) is 17.6 Å². The highest BCUT2D eigenvalue weighted by molar-refractivity contribution is 7.89. The Morgan fingerprint density at radius 2 is 1.84 bits per heavy atom. The molecule has 0 saturated carbocycles. The summed E-state index contributed by atoms with van der Waals surface area (Å²) < 4.78 is 42.9. The summed E-state index contributed by atoms with van der Waals surface area (Å²) in [4.78, 5) is 19.8. The summed E-state index contributed by atoms with van der Waals surface area (Å²) in [6.07, 6.45) is 0.327. The standard InChI is InChI=1S/C21H18FN5O3S/c1-13-6-8-14(9-7-13)31(29,30)26-11-10-18-16(12-26)20-24-19(25-27(20)21(28)23-18)15-4-2-3-5-17(15)22/h2-9H,10-12H2,1H3,(H,23,28). The normalized spacial score (nSPS) is 14.6. The van der Waals surface area contributed by atoms with Crippen LogP contribution in [0.4, 0.5) is 4.39 Å². The van der Waals surface area contributed by atoms with Crippen LogP contribution in [0.5, 0.6) is 0 Å². The molecule has 31 heavy (non-hydrogen) atoms. The Bertz CT molecular complexity index is 1480. The van der Waals surface area contributed by atoms with E-state index in [0.29, 0.717) is 17.7 Å². The second kappa shape index (κ2) is 7.10. The number of rotatable bonds is 3. The molecule has 0 bridgehead atoms. The van der Waals surface area contributed by atoms with Crippen molar-refractivity contribution >= 4 is 15.7 Å². The van der Waals surface area contributed by atoms with Crippen LogP contribution in [0, 0.1) is 12.7 Å². The van der Waals surface area contributed by atoms with Crippen LogP contribution >= 0.6 is 0 Å². The van der Waals surface area contributed by atoms with Gasteiger partial charge in [0.2, 0.25) is 10.0 Å². The van der Waals surface area contributed by atoms with E-state index in [0.717, 1.165) is 10.1 Å². The summed E-state index contributed by atoms with van der Waals surface area (Å²) in [6.45, 7) is 2.14. The zero-order valence-electron chi connectivity index (χ0n) is 16.5. The summed E-state index contributed by atoms with van der Waals surface area (Å²) in [5.41, 5.74) is 2.02. The molecule has 4 aromatic rings. The first kappa shape index (κ1) is 19.6. The summed E-state index contributed by atoms with van der Waals surface area (Å²) in [7, 11) is -3.73. The van der Waals surface area contributed by atoms with Crippen LogP contribution in [-0.4, -0.2) is 38.8 Å². The number of aryl methyl sites for hydroxylation is 1. The van der Waals surface area contributed by atoms with Crippen molar-refractivity contribution in [3.63, 3.8) is 0 Å². The van der Waals surface area contributed by atoms with Crippen LogP contribution in [0.2, 0.25) is 0 Å².